The third-order valence-corrected chi connectivity index (χ3v) is 4.08. The van der Waals surface area contributed by atoms with E-state index in [0.717, 1.165) is 11.3 Å². The topological polar surface area (TPSA) is 71.0 Å². The van der Waals surface area contributed by atoms with Crippen molar-refractivity contribution in [3.8, 4) is 0 Å². The summed E-state index contributed by atoms with van der Waals surface area (Å²) in [5, 5.41) is 12.6. The number of carbonyl (C=O) groups excluding carboxylic acids is 1. The quantitative estimate of drug-likeness (QED) is 0.779. The van der Waals surface area contributed by atoms with Crippen LogP contribution in [0.2, 0.25) is 0 Å². The molecule has 25 heavy (non-hydrogen) atoms. The minimum Gasteiger partial charge on any atom is -0.444 e. The van der Waals surface area contributed by atoms with Gasteiger partial charge in [-0.05, 0) is 38.5 Å². The number of nitrogens with zero attached hydrogens (tertiary/aromatic N) is 1. The lowest BCUT2D eigenvalue weighted by Gasteiger charge is -2.34. The third-order valence-electron chi connectivity index (χ3n) is 3.72. The fourth-order valence-electron chi connectivity index (χ4n) is 2.45. The molecule has 1 amide bonds. The van der Waals surface area contributed by atoms with Crippen molar-refractivity contribution in [1.82, 2.24) is 4.90 Å². The van der Waals surface area contributed by atoms with Crippen LogP contribution in [0, 0.1) is 0 Å². The molecule has 2 rings (SSSR count). The summed E-state index contributed by atoms with van der Waals surface area (Å²) in [7, 11) is 0. The van der Waals surface area contributed by atoms with Gasteiger partial charge in [0.2, 0.25) is 0 Å². The van der Waals surface area contributed by atoms with Crippen LogP contribution in [0.3, 0.4) is 0 Å². The van der Waals surface area contributed by atoms with E-state index in [-0.39, 0.29) is 18.1 Å². The number of amides is 1. The number of morpholine rings is 1. The van der Waals surface area contributed by atoms with Crippen LogP contribution in [0.5, 0.6) is 0 Å². The maximum Gasteiger partial charge on any atom is 0.410 e. The molecular formula is C18H27ClN2O4. The average molecular weight is 371 g/mol. The van der Waals surface area contributed by atoms with E-state index in [1.54, 1.807) is 4.90 Å². The second-order valence-electron chi connectivity index (χ2n) is 7.10. The van der Waals surface area contributed by atoms with Crippen LogP contribution in [0.25, 0.3) is 0 Å². The van der Waals surface area contributed by atoms with Crippen molar-refractivity contribution in [3.63, 3.8) is 0 Å². The lowest BCUT2D eigenvalue weighted by atomic mass is 10.1. The molecule has 7 heteroatoms. The molecule has 0 spiro atoms. The number of hydrogen-bond donors (Lipinski definition) is 2. The first-order chi connectivity index (χ1) is 11.8. The zero-order valence-corrected chi connectivity index (χ0v) is 15.8. The number of rotatable bonds is 5. The highest BCUT2D eigenvalue weighted by molar-refractivity contribution is 6.18. The largest absolute Gasteiger partial charge is 0.444 e. The normalized spacial score (nSPS) is 19.4. The number of halogens is 1. The van der Waals surface area contributed by atoms with Gasteiger partial charge in [-0.25, -0.2) is 4.79 Å². The van der Waals surface area contributed by atoms with Gasteiger partial charge in [-0.3, -0.25) is 0 Å². The van der Waals surface area contributed by atoms with Crippen LogP contribution in [0.4, 0.5) is 10.5 Å². The first kappa shape index (κ1) is 19.8. The van der Waals surface area contributed by atoms with Crippen LogP contribution in [0.1, 0.15) is 32.4 Å². The highest BCUT2D eigenvalue weighted by Crippen LogP contribution is 2.24. The number of carbonyl (C=O) groups is 1. The fraction of sp³-hybridized carbons (Fsp3) is 0.611. The molecule has 1 aliphatic rings. The van der Waals surface area contributed by atoms with Gasteiger partial charge in [-0.1, -0.05) is 12.1 Å². The molecule has 0 aromatic heterocycles. The van der Waals surface area contributed by atoms with Crippen molar-refractivity contribution in [2.45, 2.75) is 38.6 Å². The Morgan fingerprint density at radius 3 is 2.72 bits per heavy atom. The summed E-state index contributed by atoms with van der Waals surface area (Å²) in [6, 6.07) is 7.76. The van der Waals surface area contributed by atoms with Gasteiger partial charge in [-0.15, -0.1) is 11.6 Å². The fourth-order valence-corrected chi connectivity index (χ4v) is 2.56. The van der Waals surface area contributed by atoms with E-state index in [1.165, 1.54) is 0 Å². The summed E-state index contributed by atoms with van der Waals surface area (Å²) in [6.07, 6.45) is -1.07. The Hall–Kier alpha value is -1.50. The molecule has 1 fully saturated rings. The lowest BCUT2D eigenvalue weighted by molar-refractivity contribution is -0.0432. The van der Waals surface area contributed by atoms with Gasteiger partial charge in [0, 0.05) is 18.8 Å². The Balaban J connectivity index is 1.93. The summed E-state index contributed by atoms with van der Waals surface area (Å²) in [6.45, 7) is 7.44. The van der Waals surface area contributed by atoms with E-state index < -0.39 is 11.7 Å². The molecule has 1 aromatic rings. The molecule has 1 aliphatic heterocycles. The van der Waals surface area contributed by atoms with Crippen LogP contribution in [0.15, 0.2) is 24.3 Å². The van der Waals surface area contributed by atoms with Crippen molar-refractivity contribution in [3.05, 3.63) is 29.8 Å². The number of ether oxygens (including phenoxy) is 2. The van der Waals surface area contributed by atoms with Gasteiger partial charge in [0.25, 0.3) is 0 Å². The molecule has 0 bridgehead atoms. The van der Waals surface area contributed by atoms with E-state index in [1.807, 2.05) is 45.0 Å². The SMILES string of the molecule is CC(C)(C)OC(=O)N1CCOC(c2ccc(NCC(O)CCl)cc2)C1. The van der Waals surface area contributed by atoms with E-state index in [0.29, 0.717) is 26.2 Å². The minimum absolute atomic E-state index is 0.177. The summed E-state index contributed by atoms with van der Waals surface area (Å²) in [5.41, 5.74) is 1.38. The van der Waals surface area contributed by atoms with Crippen molar-refractivity contribution < 1.29 is 19.4 Å². The van der Waals surface area contributed by atoms with Gasteiger partial charge in [-0.2, -0.15) is 0 Å². The standard InChI is InChI=1S/C18H27ClN2O4/c1-18(2,3)25-17(23)21-8-9-24-16(12-21)13-4-6-14(7-5-13)20-11-15(22)10-19/h4-7,15-16,20,22H,8-12H2,1-3H3. The molecule has 0 saturated carbocycles. The van der Waals surface area contributed by atoms with Crippen LogP contribution >= 0.6 is 11.6 Å². The number of hydrogen-bond acceptors (Lipinski definition) is 5. The molecule has 2 N–H and O–H groups in total. The molecular weight excluding hydrogens is 344 g/mol. The van der Waals surface area contributed by atoms with Gasteiger partial charge in [0.1, 0.15) is 11.7 Å². The van der Waals surface area contributed by atoms with E-state index in [2.05, 4.69) is 5.32 Å². The highest BCUT2D eigenvalue weighted by Gasteiger charge is 2.28. The first-order valence-electron chi connectivity index (χ1n) is 8.46. The van der Waals surface area contributed by atoms with Crippen molar-refractivity contribution >= 4 is 23.4 Å². The molecule has 0 radical (unpaired) electrons. The molecule has 140 valence electrons. The van der Waals surface area contributed by atoms with Gasteiger partial charge < -0.3 is 24.8 Å². The number of aliphatic hydroxyl groups is 1. The van der Waals surface area contributed by atoms with Crippen LogP contribution < -0.4 is 5.32 Å². The lowest BCUT2D eigenvalue weighted by Crippen LogP contribution is -2.44. The van der Waals surface area contributed by atoms with Crippen LogP contribution in [-0.4, -0.2) is 59.9 Å². The Morgan fingerprint density at radius 1 is 1.44 bits per heavy atom. The average Bonchev–Trinajstić information content (AvgIpc) is 2.58. The van der Waals surface area contributed by atoms with Crippen LogP contribution in [-0.2, 0) is 9.47 Å². The number of alkyl halides is 1. The second-order valence-corrected chi connectivity index (χ2v) is 7.41. The van der Waals surface area contributed by atoms with E-state index in [9.17, 15) is 9.90 Å². The molecule has 2 unspecified atom stereocenters. The first-order valence-corrected chi connectivity index (χ1v) is 8.99. The summed E-state index contributed by atoms with van der Waals surface area (Å²) >= 11 is 5.58. The maximum atomic E-state index is 12.2. The third kappa shape index (κ3) is 6.38. The Labute approximate surface area is 154 Å². The van der Waals surface area contributed by atoms with Crippen molar-refractivity contribution in [2.75, 3.05) is 37.4 Å². The second kappa shape index (κ2) is 8.74. The molecule has 0 aliphatic carbocycles. The number of nitrogens with one attached hydrogen (secondary N) is 1. The molecule has 6 nitrogen and oxygen atoms in total. The van der Waals surface area contributed by atoms with E-state index in [4.69, 9.17) is 21.1 Å². The number of benzene rings is 1. The van der Waals surface area contributed by atoms with Crippen molar-refractivity contribution in [1.29, 1.82) is 0 Å². The molecule has 1 saturated heterocycles. The Kier molecular flexibility index (Phi) is 6.93. The number of anilines is 1. The molecule has 1 heterocycles. The predicted molar refractivity (Wildman–Crippen MR) is 98.2 cm³/mol. The molecule has 1 aromatic carbocycles. The monoisotopic (exact) mass is 370 g/mol. The summed E-state index contributed by atoms with van der Waals surface area (Å²) < 4.78 is 11.2. The van der Waals surface area contributed by atoms with Gasteiger partial charge in [0.15, 0.2) is 0 Å². The molecule has 2 atom stereocenters. The predicted octanol–water partition coefficient (Wildman–Crippen LogP) is 3.01. The summed E-state index contributed by atoms with van der Waals surface area (Å²) in [4.78, 5) is 13.9. The van der Waals surface area contributed by atoms with Crippen molar-refractivity contribution in [2.24, 2.45) is 0 Å². The zero-order chi connectivity index (χ0) is 18.4. The highest BCUT2D eigenvalue weighted by atomic mass is 35.5. The van der Waals surface area contributed by atoms with Gasteiger partial charge >= 0.3 is 6.09 Å². The van der Waals surface area contributed by atoms with Gasteiger partial charge in [0.05, 0.1) is 25.1 Å². The Morgan fingerprint density at radius 2 is 2.12 bits per heavy atom. The zero-order valence-electron chi connectivity index (χ0n) is 15.0. The maximum absolute atomic E-state index is 12.2. The number of aliphatic hydroxyl groups excluding tert-OH is 1. The summed E-state index contributed by atoms with van der Waals surface area (Å²) in [5.74, 6) is 0.196. The smallest absolute Gasteiger partial charge is 0.410 e. The Bertz CT molecular complexity index is 559. The minimum atomic E-state index is -0.578. The van der Waals surface area contributed by atoms with E-state index >= 15 is 0 Å².